The molecule has 4 rings (SSSR count). The summed E-state index contributed by atoms with van der Waals surface area (Å²) in [5.74, 6) is -0.246. The number of aromatic nitrogens is 1. The monoisotopic (exact) mass is 490 g/mol. The van der Waals surface area contributed by atoms with Gasteiger partial charge in [-0.15, -0.1) is 11.3 Å². The van der Waals surface area contributed by atoms with Crippen LogP contribution in [0.2, 0.25) is 5.02 Å². The molecule has 8 heteroatoms. The normalized spacial score (nSPS) is 10.5. The Bertz CT molecular complexity index is 1250. The van der Waals surface area contributed by atoms with E-state index in [1.807, 2.05) is 60.7 Å². The van der Waals surface area contributed by atoms with E-state index in [0.29, 0.717) is 34.5 Å². The molecule has 172 valence electrons. The Morgan fingerprint density at radius 3 is 2.29 bits per heavy atom. The van der Waals surface area contributed by atoms with Crippen molar-refractivity contribution in [3.05, 3.63) is 117 Å². The van der Waals surface area contributed by atoms with E-state index in [0.717, 1.165) is 11.1 Å². The molecule has 6 nitrogen and oxygen atoms in total. The molecule has 0 aliphatic rings. The maximum Gasteiger partial charge on any atom is 0.322 e. The molecule has 0 fully saturated rings. The largest absolute Gasteiger partial charge is 0.347 e. The number of hydrogen-bond acceptors (Lipinski definition) is 4. The molecule has 0 spiro atoms. The van der Waals surface area contributed by atoms with Gasteiger partial charge in [0.15, 0.2) is 0 Å². The number of carbonyl (C=O) groups excluding carboxylic acids is 2. The second-order valence-electron chi connectivity index (χ2n) is 7.58. The molecule has 1 aromatic heterocycles. The molecule has 0 unspecified atom stereocenters. The Morgan fingerprint density at radius 1 is 0.882 bits per heavy atom. The van der Waals surface area contributed by atoms with Crippen LogP contribution in [0.15, 0.2) is 90.3 Å². The Hall–Kier alpha value is -3.68. The van der Waals surface area contributed by atoms with E-state index in [2.05, 4.69) is 15.6 Å². The molecule has 0 aliphatic carbocycles. The summed E-state index contributed by atoms with van der Waals surface area (Å²) in [5.41, 5.74) is 2.95. The van der Waals surface area contributed by atoms with Crippen molar-refractivity contribution in [2.75, 3.05) is 5.32 Å². The smallest absolute Gasteiger partial charge is 0.322 e. The standard InChI is InChI=1S/C26H23ClN4O2S/c27-21-12-7-13-22(14-21)29-26(33)31(16-20-10-5-2-6-11-20)17-24-30-23(18-34-24)25(32)28-15-19-8-3-1-4-9-19/h1-14,18H,15-17H2,(H,28,32)(H,29,33). The van der Waals surface area contributed by atoms with Crippen LogP contribution < -0.4 is 10.6 Å². The van der Waals surface area contributed by atoms with E-state index in [1.54, 1.807) is 34.5 Å². The minimum Gasteiger partial charge on any atom is -0.347 e. The van der Waals surface area contributed by atoms with E-state index < -0.39 is 0 Å². The summed E-state index contributed by atoms with van der Waals surface area (Å²) < 4.78 is 0. The van der Waals surface area contributed by atoms with E-state index in [1.165, 1.54) is 11.3 Å². The molecule has 1 heterocycles. The van der Waals surface area contributed by atoms with Gasteiger partial charge in [0.1, 0.15) is 10.7 Å². The maximum atomic E-state index is 13.1. The number of urea groups is 1. The first-order valence-electron chi connectivity index (χ1n) is 10.7. The van der Waals surface area contributed by atoms with Gasteiger partial charge >= 0.3 is 6.03 Å². The number of thiazole rings is 1. The quantitative estimate of drug-likeness (QED) is 0.320. The minimum atomic E-state index is -0.281. The second kappa shape index (κ2) is 11.4. The molecule has 0 aliphatic heterocycles. The summed E-state index contributed by atoms with van der Waals surface area (Å²) in [7, 11) is 0. The summed E-state index contributed by atoms with van der Waals surface area (Å²) in [5, 5.41) is 8.70. The van der Waals surface area contributed by atoms with E-state index in [4.69, 9.17) is 11.6 Å². The Labute approximate surface area is 207 Å². The number of anilines is 1. The third-order valence-corrected chi connectivity index (χ3v) is 6.05. The maximum absolute atomic E-state index is 13.1. The second-order valence-corrected chi connectivity index (χ2v) is 8.96. The van der Waals surface area contributed by atoms with Crippen molar-refractivity contribution in [2.45, 2.75) is 19.6 Å². The topological polar surface area (TPSA) is 74.3 Å². The molecule has 3 aromatic carbocycles. The number of amides is 3. The number of halogens is 1. The molecule has 3 amide bonds. The number of rotatable bonds is 8. The van der Waals surface area contributed by atoms with E-state index in [-0.39, 0.29) is 18.5 Å². The van der Waals surface area contributed by atoms with Gasteiger partial charge in [0.2, 0.25) is 0 Å². The molecular weight excluding hydrogens is 468 g/mol. The first-order chi connectivity index (χ1) is 16.6. The van der Waals surface area contributed by atoms with Crippen LogP contribution >= 0.6 is 22.9 Å². The van der Waals surface area contributed by atoms with Crippen molar-refractivity contribution in [3.8, 4) is 0 Å². The van der Waals surface area contributed by atoms with Crippen molar-refractivity contribution in [1.29, 1.82) is 0 Å². The van der Waals surface area contributed by atoms with Crippen molar-refractivity contribution < 1.29 is 9.59 Å². The van der Waals surface area contributed by atoms with Gasteiger partial charge in [-0.2, -0.15) is 0 Å². The average molecular weight is 491 g/mol. The molecule has 0 bridgehead atoms. The highest BCUT2D eigenvalue weighted by molar-refractivity contribution is 7.09. The highest BCUT2D eigenvalue weighted by Crippen LogP contribution is 2.19. The lowest BCUT2D eigenvalue weighted by molar-refractivity contribution is 0.0946. The number of nitrogens with one attached hydrogen (secondary N) is 2. The zero-order chi connectivity index (χ0) is 23.8. The zero-order valence-corrected chi connectivity index (χ0v) is 19.9. The fourth-order valence-electron chi connectivity index (χ4n) is 3.29. The van der Waals surface area contributed by atoms with Gasteiger partial charge < -0.3 is 15.5 Å². The zero-order valence-electron chi connectivity index (χ0n) is 18.3. The van der Waals surface area contributed by atoms with Crippen molar-refractivity contribution in [2.24, 2.45) is 0 Å². The highest BCUT2D eigenvalue weighted by Gasteiger charge is 2.18. The summed E-state index contributed by atoms with van der Waals surface area (Å²) in [6.07, 6.45) is 0. The number of hydrogen-bond donors (Lipinski definition) is 2. The van der Waals surface area contributed by atoms with Crippen LogP contribution in [0.25, 0.3) is 0 Å². The predicted octanol–water partition coefficient (Wildman–Crippen LogP) is 5.96. The van der Waals surface area contributed by atoms with Crippen LogP contribution in [0.3, 0.4) is 0 Å². The lowest BCUT2D eigenvalue weighted by Crippen LogP contribution is -2.34. The summed E-state index contributed by atoms with van der Waals surface area (Å²) in [6, 6.07) is 26.1. The fourth-order valence-corrected chi connectivity index (χ4v) is 4.27. The lowest BCUT2D eigenvalue weighted by Gasteiger charge is -2.22. The van der Waals surface area contributed by atoms with Gasteiger partial charge in [0.05, 0.1) is 6.54 Å². The van der Waals surface area contributed by atoms with Gasteiger partial charge in [-0.25, -0.2) is 9.78 Å². The van der Waals surface area contributed by atoms with Crippen molar-refractivity contribution in [3.63, 3.8) is 0 Å². The van der Waals surface area contributed by atoms with Crippen molar-refractivity contribution in [1.82, 2.24) is 15.2 Å². The average Bonchev–Trinajstić information content (AvgIpc) is 3.32. The predicted molar refractivity (Wildman–Crippen MR) is 136 cm³/mol. The van der Waals surface area contributed by atoms with Crippen LogP contribution in [0.5, 0.6) is 0 Å². The van der Waals surface area contributed by atoms with Gasteiger partial charge in [-0.3, -0.25) is 4.79 Å². The number of nitrogens with zero attached hydrogens (tertiary/aromatic N) is 2. The summed E-state index contributed by atoms with van der Waals surface area (Å²) >= 11 is 7.40. The Balaban J connectivity index is 1.44. The molecule has 2 N–H and O–H groups in total. The van der Waals surface area contributed by atoms with Crippen LogP contribution in [-0.4, -0.2) is 21.8 Å². The van der Waals surface area contributed by atoms with Gasteiger partial charge in [-0.1, -0.05) is 78.3 Å². The SMILES string of the molecule is O=C(NCc1ccccc1)c1csc(CN(Cc2ccccc2)C(=O)Nc2cccc(Cl)c2)n1. The van der Waals surface area contributed by atoms with Gasteiger partial charge in [0.25, 0.3) is 5.91 Å². The van der Waals surface area contributed by atoms with Gasteiger partial charge in [0, 0.05) is 29.2 Å². The summed E-state index contributed by atoms with van der Waals surface area (Å²) in [6.45, 7) is 1.08. The molecule has 0 saturated carbocycles. The molecule has 0 atom stereocenters. The van der Waals surface area contributed by atoms with Crippen molar-refractivity contribution >= 4 is 40.6 Å². The Kier molecular flexibility index (Phi) is 7.91. The molecule has 0 radical (unpaired) electrons. The third kappa shape index (κ3) is 6.66. The number of benzene rings is 3. The first kappa shape index (κ1) is 23.5. The minimum absolute atomic E-state index is 0.246. The molecule has 34 heavy (non-hydrogen) atoms. The van der Waals surface area contributed by atoms with Crippen LogP contribution in [0.4, 0.5) is 10.5 Å². The third-order valence-electron chi connectivity index (χ3n) is 4.99. The molecule has 4 aromatic rings. The number of carbonyl (C=O) groups is 2. The highest BCUT2D eigenvalue weighted by atomic mass is 35.5. The van der Waals surface area contributed by atoms with Crippen LogP contribution in [0, 0.1) is 0 Å². The van der Waals surface area contributed by atoms with Crippen LogP contribution in [0.1, 0.15) is 26.6 Å². The fraction of sp³-hybridized carbons (Fsp3) is 0.115. The molecular formula is C26H23ClN4O2S. The van der Waals surface area contributed by atoms with Crippen LogP contribution in [-0.2, 0) is 19.6 Å². The van der Waals surface area contributed by atoms with E-state index in [9.17, 15) is 9.59 Å². The summed E-state index contributed by atoms with van der Waals surface area (Å²) in [4.78, 5) is 31.8. The molecule has 0 saturated heterocycles. The van der Waals surface area contributed by atoms with Gasteiger partial charge in [-0.05, 0) is 29.3 Å². The lowest BCUT2D eigenvalue weighted by atomic mass is 10.2. The Morgan fingerprint density at radius 2 is 1.59 bits per heavy atom. The van der Waals surface area contributed by atoms with E-state index >= 15 is 0 Å². The first-order valence-corrected chi connectivity index (χ1v) is 11.9.